The number of likely N-dealkylation sites (tertiary alicyclic amines) is 1. The number of ether oxygens (including phenoxy) is 1. The molecule has 8 heteroatoms. The minimum Gasteiger partial charge on any atom is -0.444 e. The Kier molecular flexibility index (Phi) is 6.97. The number of nitrogens with two attached hydrogens (primary N) is 1. The van der Waals surface area contributed by atoms with E-state index in [4.69, 9.17) is 15.5 Å². The molecule has 0 aliphatic carbocycles. The molecule has 5 rings (SSSR count). The number of rotatable bonds is 6. The average Bonchev–Trinajstić information content (AvgIpc) is 3.51. The molecule has 1 aromatic heterocycles. The fraction of sp³-hybridized carbons (Fsp3) is 0.333. The van der Waals surface area contributed by atoms with Gasteiger partial charge in [-0.15, -0.1) is 0 Å². The van der Waals surface area contributed by atoms with Gasteiger partial charge in [-0.2, -0.15) is 0 Å². The summed E-state index contributed by atoms with van der Waals surface area (Å²) in [6.07, 6.45) is 1.44. The summed E-state index contributed by atoms with van der Waals surface area (Å²) in [5, 5.41) is 0. The second kappa shape index (κ2) is 10.4. The van der Waals surface area contributed by atoms with Crippen molar-refractivity contribution in [3.63, 3.8) is 0 Å². The van der Waals surface area contributed by atoms with E-state index in [0.29, 0.717) is 19.6 Å². The van der Waals surface area contributed by atoms with Crippen molar-refractivity contribution in [3.8, 4) is 0 Å². The highest BCUT2D eigenvalue weighted by Crippen LogP contribution is 2.33. The summed E-state index contributed by atoms with van der Waals surface area (Å²) in [4.78, 5) is 25.0. The summed E-state index contributed by atoms with van der Waals surface area (Å²) >= 11 is 0. The summed E-state index contributed by atoms with van der Waals surface area (Å²) in [5.41, 5.74) is 10.9. The SMILES string of the molecule is CC(C)(C)OC(=O)N1CCC[C@H]1c1nc2ccc(CN(Cc3ccc(N)cc3)c3ccc(F)cc3)cc2[nH]1. The lowest BCUT2D eigenvalue weighted by atomic mass is 10.1. The molecule has 0 radical (unpaired) electrons. The maximum absolute atomic E-state index is 13.6. The average molecular weight is 516 g/mol. The van der Waals surface area contributed by atoms with Crippen molar-refractivity contribution in [2.45, 2.75) is 58.3 Å². The van der Waals surface area contributed by atoms with E-state index in [1.807, 2.05) is 51.1 Å². The fourth-order valence-corrected chi connectivity index (χ4v) is 4.88. The number of carbonyl (C=O) groups excluding carboxylic acids is 1. The van der Waals surface area contributed by atoms with Gasteiger partial charge in [0.05, 0.1) is 17.1 Å². The topological polar surface area (TPSA) is 87.5 Å². The number of nitrogen functional groups attached to an aromatic ring is 1. The van der Waals surface area contributed by atoms with Gasteiger partial charge in [-0.1, -0.05) is 18.2 Å². The molecule has 3 aromatic carbocycles. The molecule has 1 aliphatic rings. The lowest BCUT2D eigenvalue weighted by molar-refractivity contribution is 0.0219. The number of amides is 1. The minimum absolute atomic E-state index is 0.137. The summed E-state index contributed by atoms with van der Waals surface area (Å²) in [5.74, 6) is 0.512. The summed E-state index contributed by atoms with van der Waals surface area (Å²) in [6, 6.07) is 20.4. The number of aromatic amines is 1. The third-order valence-corrected chi connectivity index (χ3v) is 6.68. The van der Waals surface area contributed by atoms with Crippen LogP contribution in [0.1, 0.15) is 56.6 Å². The predicted molar refractivity (Wildman–Crippen MR) is 148 cm³/mol. The number of hydrogen-bond donors (Lipinski definition) is 2. The number of nitrogens with one attached hydrogen (secondary N) is 1. The first-order chi connectivity index (χ1) is 18.1. The third kappa shape index (κ3) is 5.90. The molecular formula is C30H34FN5O2. The first-order valence-corrected chi connectivity index (χ1v) is 13.0. The van der Waals surface area contributed by atoms with Crippen LogP contribution < -0.4 is 10.6 Å². The molecule has 1 aliphatic heterocycles. The molecule has 1 amide bonds. The van der Waals surface area contributed by atoms with Crippen LogP contribution in [-0.2, 0) is 17.8 Å². The van der Waals surface area contributed by atoms with E-state index in [0.717, 1.165) is 52.2 Å². The Morgan fingerprint density at radius 3 is 2.47 bits per heavy atom. The van der Waals surface area contributed by atoms with Gasteiger partial charge in [0, 0.05) is 31.0 Å². The number of nitrogens with zero attached hydrogens (tertiary/aromatic N) is 3. The van der Waals surface area contributed by atoms with Crippen molar-refractivity contribution in [1.29, 1.82) is 0 Å². The number of fused-ring (bicyclic) bond motifs is 1. The molecule has 1 saturated heterocycles. The van der Waals surface area contributed by atoms with Gasteiger partial charge in [0.15, 0.2) is 0 Å². The standard InChI is InChI=1S/C30H34FN5O2/c1-30(2,3)38-29(37)36-16-4-5-27(36)28-33-25-15-8-21(17-26(25)34-28)19-35(24-13-9-22(31)10-14-24)18-20-6-11-23(32)12-7-20/h6-15,17,27H,4-5,16,18-19,32H2,1-3H3,(H,33,34)/t27-/m0/s1. The molecule has 7 nitrogen and oxygen atoms in total. The fourth-order valence-electron chi connectivity index (χ4n) is 4.88. The maximum atomic E-state index is 13.6. The Morgan fingerprint density at radius 2 is 1.76 bits per heavy atom. The number of benzene rings is 3. The van der Waals surface area contributed by atoms with Gasteiger partial charge in [0.2, 0.25) is 0 Å². The molecule has 0 unspecified atom stereocenters. The van der Waals surface area contributed by atoms with Gasteiger partial charge in [0.1, 0.15) is 17.2 Å². The lowest BCUT2D eigenvalue weighted by Gasteiger charge is -2.27. The first-order valence-electron chi connectivity index (χ1n) is 13.0. The van der Waals surface area contributed by atoms with E-state index >= 15 is 0 Å². The Bertz CT molecular complexity index is 1410. The predicted octanol–water partition coefficient (Wildman–Crippen LogP) is 6.56. The number of anilines is 2. The van der Waals surface area contributed by atoms with E-state index in [9.17, 15) is 9.18 Å². The summed E-state index contributed by atoms with van der Waals surface area (Å²) in [7, 11) is 0. The van der Waals surface area contributed by atoms with Crippen LogP contribution in [0.2, 0.25) is 0 Å². The highest BCUT2D eigenvalue weighted by Gasteiger charge is 2.35. The highest BCUT2D eigenvalue weighted by molar-refractivity contribution is 5.76. The van der Waals surface area contributed by atoms with Crippen molar-refractivity contribution < 1.29 is 13.9 Å². The second-order valence-electron chi connectivity index (χ2n) is 10.9. The molecule has 1 fully saturated rings. The number of carbonyl (C=O) groups is 1. The van der Waals surface area contributed by atoms with E-state index in [-0.39, 0.29) is 18.0 Å². The molecule has 38 heavy (non-hydrogen) atoms. The molecule has 3 N–H and O–H groups in total. The Hall–Kier alpha value is -4.07. The van der Waals surface area contributed by atoms with Crippen LogP contribution in [0.25, 0.3) is 11.0 Å². The van der Waals surface area contributed by atoms with Crippen LogP contribution in [0, 0.1) is 5.82 Å². The molecule has 1 atom stereocenters. The van der Waals surface area contributed by atoms with Crippen molar-refractivity contribution in [1.82, 2.24) is 14.9 Å². The van der Waals surface area contributed by atoms with Gasteiger partial charge in [-0.25, -0.2) is 14.2 Å². The summed E-state index contributed by atoms with van der Waals surface area (Å²) < 4.78 is 19.3. The zero-order valence-corrected chi connectivity index (χ0v) is 22.1. The van der Waals surface area contributed by atoms with Gasteiger partial charge in [-0.3, -0.25) is 4.90 Å². The van der Waals surface area contributed by atoms with E-state index in [1.54, 1.807) is 17.0 Å². The Balaban J connectivity index is 1.39. The van der Waals surface area contributed by atoms with Crippen molar-refractivity contribution >= 4 is 28.5 Å². The van der Waals surface area contributed by atoms with Crippen molar-refractivity contribution in [2.75, 3.05) is 17.2 Å². The molecule has 198 valence electrons. The normalized spacial score (nSPS) is 15.7. The lowest BCUT2D eigenvalue weighted by Crippen LogP contribution is -2.36. The zero-order chi connectivity index (χ0) is 26.9. The molecule has 4 aromatic rings. The van der Waals surface area contributed by atoms with Gasteiger partial charge >= 0.3 is 6.09 Å². The van der Waals surface area contributed by atoms with E-state index in [2.05, 4.69) is 22.0 Å². The third-order valence-electron chi connectivity index (χ3n) is 6.68. The number of halogens is 1. The minimum atomic E-state index is -0.546. The smallest absolute Gasteiger partial charge is 0.410 e. The van der Waals surface area contributed by atoms with Crippen LogP contribution in [0.15, 0.2) is 66.7 Å². The van der Waals surface area contributed by atoms with Gasteiger partial charge in [-0.05, 0) is 93.3 Å². The van der Waals surface area contributed by atoms with Crippen molar-refractivity contribution in [3.05, 3.63) is 89.5 Å². The number of hydrogen-bond acceptors (Lipinski definition) is 5. The van der Waals surface area contributed by atoms with Gasteiger partial charge < -0.3 is 20.4 Å². The van der Waals surface area contributed by atoms with Gasteiger partial charge in [0.25, 0.3) is 0 Å². The Labute approximate surface area is 222 Å². The van der Waals surface area contributed by atoms with E-state index in [1.165, 1.54) is 12.1 Å². The van der Waals surface area contributed by atoms with Crippen LogP contribution in [0.4, 0.5) is 20.6 Å². The highest BCUT2D eigenvalue weighted by atomic mass is 19.1. The second-order valence-corrected chi connectivity index (χ2v) is 10.9. The molecule has 2 heterocycles. The van der Waals surface area contributed by atoms with Crippen LogP contribution in [-0.4, -0.2) is 33.1 Å². The summed E-state index contributed by atoms with van der Waals surface area (Å²) in [6.45, 7) is 7.54. The molecule has 0 bridgehead atoms. The van der Waals surface area contributed by atoms with Crippen LogP contribution >= 0.6 is 0 Å². The largest absolute Gasteiger partial charge is 0.444 e. The molecule has 0 spiro atoms. The molecule has 0 saturated carbocycles. The zero-order valence-electron chi connectivity index (χ0n) is 22.1. The van der Waals surface area contributed by atoms with Crippen molar-refractivity contribution in [2.24, 2.45) is 0 Å². The van der Waals surface area contributed by atoms with Crippen LogP contribution in [0.3, 0.4) is 0 Å². The maximum Gasteiger partial charge on any atom is 0.410 e. The monoisotopic (exact) mass is 515 g/mol. The number of imidazole rings is 1. The van der Waals surface area contributed by atoms with Crippen LogP contribution in [0.5, 0.6) is 0 Å². The molecular weight excluding hydrogens is 481 g/mol. The Morgan fingerprint density at radius 1 is 1.08 bits per heavy atom. The first kappa shape index (κ1) is 25.6. The number of aromatic nitrogens is 2. The van der Waals surface area contributed by atoms with E-state index < -0.39 is 5.60 Å². The quantitative estimate of drug-likeness (QED) is 0.284. The number of H-pyrrole nitrogens is 1.